The summed E-state index contributed by atoms with van der Waals surface area (Å²) in [6.07, 6.45) is 0. The molecule has 1 atom stereocenters. The predicted molar refractivity (Wildman–Crippen MR) is 43.7 cm³/mol. The van der Waals surface area contributed by atoms with E-state index in [1.54, 1.807) is 0 Å². The first-order valence-electron chi connectivity index (χ1n) is 3.69. The van der Waals surface area contributed by atoms with Crippen LogP contribution in [0.5, 0.6) is 0 Å². The van der Waals surface area contributed by atoms with E-state index in [1.165, 1.54) is 29.7 Å². The Hall–Kier alpha value is -1.42. The van der Waals surface area contributed by atoms with Crippen molar-refractivity contribution in [1.82, 2.24) is 5.48 Å². The van der Waals surface area contributed by atoms with E-state index >= 15 is 0 Å². The molecule has 4 heteroatoms. The summed E-state index contributed by atoms with van der Waals surface area (Å²) in [6.45, 7) is 1.08. The molecular formula is C9H9FNO2. The smallest absolute Gasteiger partial charge is 0.285 e. The van der Waals surface area contributed by atoms with Gasteiger partial charge in [0.05, 0.1) is 0 Å². The van der Waals surface area contributed by atoms with E-state index in [9.17, 15) is 9.18 Å². The fraction of sp³-hybridized carbons (Fsp3) is 0.222. The van der Waals surface area contributed by atoms with Crippen LogP contribution in [0.2, 0.25) is 0 Å². The lowest BCUT2D eigenvalue weighted by molar-refractivity contribution is -0.141. The highest BCUT2D eigenvalue weighted by Crippen LogP contribution is 2.24. The van der Waals surface area contributed by atoms with Crippen LogP contribution in [0.15, 0.2) is 24.3 Å². The standard InChI is InChI=1S/C9H9FNO2/c1-9(10,8(12)11-13)7-5-3-2-4-6-7/h3-6,13H,1H3,(H,11,12)/t9-/m0/s1. The summed E-state index contributed by atoms with van der Waals surface area (Å²) in [5.41, 5.74) is -0.760. The number of carbonyl (C=O) groups excluding carboxylic acids is 1. The van der Waals surface area contributed by atoms with Gasteiger partial charge in [0.2, 0.25) is 5.67 Å². The average molecular weight is 182 g/mol. The van der Waals surface area contributed by atoms with Gasteiger partial charge < -0.3 is 0 Å². The number of alkyl halides is 1. The number of hydrogen-bond acceptors (Lipinski definition) is 2. The van der Waals surface area contributed by atoms with Gasteiger partial charge in [-0.3, -0.25) is 10.0 Å². The van der Waals surface area contributed by atoms with Gasteiger partial charge in [0.1, 0.15) is 0 Å². The second kappa shape index (κ2) is 3.53. The maximum Gasteiger partial charge on any atom is 0.285 e. The molecule has 0 aromatic heterocycles. The van der Waals surface area contributed by atoms with E-state index in [0.29, 0.717) is 0 Å². The Morgan fingerprint density at radius 1 is 1.62 bits per heavy atom. The average Bonchev–Trinajstić information content (AvgIpc) is 2.18. The van der Waals surface area contributed by atoms with Crippen LogP contribution in [0.4, 0.5) is 4.39 Å². The Morgan fingerprint density at radius 3 is 2.62 bits per heavy atom. The summed E-state index contributed by atoms with van der Waals surface area (Å²) in [5, 5.41) is 8.28. The van der Waals surface area contributed by atoms with Crippen LogP contribution in [0.25, 0.3) is 0 Å². The molecule has 1 amide bonds. The van der Waals surface area contributed by atoms with Gasteiger partial charge in [-0.25, -0.2) is 9.87 Å². The zero-order valence-electron chi connectivity index (χ0n) is 7.04. The van der Waals surface area contributed by atoms with Gasteiger partial charge >= 0.3 is 0 Å². The van der Waals surface area contributed by atoms with Crippen molar-refractivity contribution in [2.75, 3.05) is 0 Å². The molecule has 0 saturated carbocycles. The number of amides is 1. The lowest BCUT2D eigenvalue weighted by atomic mass is 9.97. The summed E-state index contributed by atoms with van der Waals surface area (Å²) in [5.74, 6) is -1.08. The maximum absolute atomic E-state index is 13.6. The van der Waals surface area contributed by atoms with Crippen LogP contribution in [0.1, 0.15) is 12.5 Å². The fourth-order valence-corrected chi connectivity index (χ4v) is 0.936. The zero-order valence-corrected chi connectivity index (χ0v) is 7.04. The van der Waals surface area contributed by atoms with Crippen molar-refractivity contribution >= 4 is 5.91 Å². The molecule has 3 nitrogen and oxygen atoms in total. The second-order valence-electron chi connectivity index (χ2n) is 2.73. The Kier molecular flexibility index (Phi) is 2.63. The molecule has 0 fully saturated rings. The molecule has 0 aliphatic rings. The Morgan fingerprint density at radius 2 is 2.15 bits per heavy atom. The molecule has 0 unspecified atom stereocenters. The van der Waals surface area contributed by atoms with Crippen LogP contribution >= 0.6 is 0 Å². The molecule has 69 valence electrons. The molecule has 0 heterocycles. The summed E-state index contributed by atoms with van der Waals surface area (Å²) in [7, 11) is 0. The third kappa shape index (κ3) is 1.84. The van der Waals surface area contributed by atoms with Gasteiger partial charge in [0.15, 0.2) is 0 Å². The van der Waals surface area contributed by atoms with Crippen LogP contribution in [0, 0.1) is 6.07 Å². The molecule has 0 bridgehead atoms. The lowest BCUT2D eigenvalue weighted by Crippen LogP contribution is -2.37. The fourth-order valence-electron chi connectivity index (χ4n) is 0.936. The highest BCUT2D eigenvalue weighted by Gasteiger charge is 2.34. The molecule has 1 aromatic carbocycles. The monoisotopic (exact) mass is 182 g/mol. The van der Waals surface area contributed by atoms with E-state index in [4.69, 9.17) is 5.21 Å². The van der Waals surface area contributed by atoms with Crippen LogP contribution in [0.3, 0.4) is 0 Å². The van der Waals surface area contributed by atoms with Gasteiger partial charge in [-0.1, -0.05) is 24.3 Å². The molecule has 0 saturated heterocycles. The number of halogens is 1. The number of nitrogens with one attached hydrogen (secondary N) is 1. The normalized spacial score (nSPS) is 14.7. The Labute approximate surface area is 75.2 Å². The van der Waals surface area contributed by atoms with Crippen LogP contribution in [-0.4, -0.2) is 11.1 Å². The van der Waals surface area contributed by atoms with Crippen molar-refractivity contribution in [1.29, 1.82) is 0 Å². The number of hydrogen-bond donors (Lipinski definition) is 2. The number of hydroxylamine groups is 1. The van der Waals surface area contributed by atoms with Crippen molar-refractivity contribution in [3.05, 3.63) is 35.9 Å². The molecule has 13 heavy (non-hydrogen) atoms. The van der Waals surface area contributed by atoms with E-state index in [0.717, 1.165) is 6.92 Å². The van der Waals surface area contributed by atoms with Gasteiger partial charge in [-0.15, -0.1) is 0 Å². The first kappa shape index (κ1) is 9.67. The Balaban J connectivity index is 3.00. The highest BCUT2D eigenvalue weighted by atomic mass is 19.1. The van der Waals surface area contributed by atoms with Gasteiger partial charge in [-0.05, 0) is 18.6 Å². The lowest BCUT2D eigenvalue weighted by Gasteiger charge is -2.17. The minimum absolute atomic E-state index is 0.179. The molecule has 0 aliphatic carbocycles. The molecular weight excluding hydrogens is 173 g/mol. The van der Waals surface area contributed by atoms with E-state index < -0.39 is 11.6 Å². The van der Waals surface area contributed by atoms with Crippen LogP contribution < -0.4 is 5.48 Å². The summed E-state index contributed by atoms with van der Waals surface area (Å²) < 4.78 is 13.6. The van der Waals surface area contributed by atoms with E-state index in [-0.39, 0.29) is 5.56 Å². The van der Waals surface area contributed by atoms with E-state index in [1.807, 2.05) is 0 Å². The van der Waals surface area contributed by atoms with Crippen LogP contribution in [-0.2, 0) is 10.5 Å². The predicted octanol–water partition coefficient (Wildman–Crippen LogP) is 1.18. The topological polar surface area (TPSA) is 49.3 Å². The maximum atomic E-state index is 13.6. The summed E-state index contributed by atoms with van der Waals surface area (Å²) >= 11 is 0. The third-order valence-electron chi connectivity index (χ3n) is 1.79. The first-order chi connectivity index (χ1) is 6.09. The number of rotatable bonds is 2. The van der Waals surface area contributed by atoms with Crippen molar-refractivity contribution in [3.8, 4) is 0 Å². The first-order valence-corrected chi connectivity index (χ1v) is 3.69. The van der Waals surface area contributed by atoms with E-state index in [2.05, 4.69) is 6.07 Å². The molecule has 0 aliphatic heterocycles. The van der Waals surface area contributed by atoms with Crippen molar-refractivity contribution < 1.29 is 14.4 Å². The number of carbonyl (C=O) groups is 1. The minimum atomic E-state index is -2.22. The molecule has 2 N–H and O–H groups in total. The highest BCUT2D eigenvalue weighted by molar-refractivity contribution is 5.84. The van der Waals surface area contributed by atoms with Crippen molar-refractivity contribution in [3.63, 3.8) is 0 Å². The van der Waals surface area contributed by atoms with Gasteiger partial charge in [-0.2, -0.15) is 0 Å². The van der Waals surface area contributed by atoms with Gasteiger partial charge in [0, 0.05) is 0 Å². The minimum Gasteiger partial charge on any atom is -0.289 e. The molecule has 1 radical (unpaired) electrons. The summed E-state index contributed by atoms with van der Waals surface area (Å²) in [6, 6.07) is 8.55. The van der Waals surface area contributed by atoms with Crippen molar-refractivity contribution in [2.24, 2.45) is 0 Å². The number of benzene rings is 1. The largest absolute Gasteiger partial charge is 0.289 e. The molecule has 1 aromatic rings. The Bertz CT molecular complexity index is 298. The quantitative estimate of drug-likeness (QED) is 0.533. The third-order valence-corrected chi connectivity index (χ3v) is 1.79. The summed E-state index contributed by atoms with van der Waals surface area (Å²) in [4.78, 5) is 10.9. The molecule has 1 rings (SSSR count). The molecule has 0 spiro atoms. The van der Waals surface area contributed by atoms with Gasteiger partial charge in [0.25, 0.3) is 5.91 Å². The second-order valence-corrected chi connectivity index (χ2v) is 2.73. The zero-order chi connectivity index (χ0) is 9.90. The SMILES string of the molecule is C[C@@](F)(C(=O)NO)c1cc[c]cc1. The van der Waals surface area contributed by atoms with Crippen molar-refractivity contribution in [2.45, 2.75) is 12.6 Å².